The predicted octanol–water partition coefficient (Wildman–Crippen LogP) is 4.59. The molecule has 4 heteroatoms. The summed E-state index contributed by atoms with van der Waals surface area (Å²) in [6, 6.07) is 8.12. The number of hydrogen-bond donors (Lipinski definition) is 0. The van der Waals surface area contributed by atoms with E-state index in [1.807, 2.05) is 12.1 Å². The molecule has 0 saturated heterocycles. The Bertz CT molecular complexity index is 327. The number of halogens is 3. The maximum Gasteiger partial charge on any atom is 0.261 e. The van der Waals surface area contributed by atoms with Gasteiger partial charge in [0.05, 0.1) is 5.38 Å². The third-order valence-corrected chi connectivity index (χ3v) is 3.11. The minimum absolute atomic E-state index is 0.182. The fraction of sp³-hybridized carbons (Fsp3) is 0.571. The summed E-state index contributed by atoms with van der Waals surface area (Å²) in [5, 5.41) is -0.182. The van der Waals surface area contributed by atoms with E-state index in [2.05, 4.69) is 19.1 Å². The minimum atomic E-state index is -2.41. The van der Waals surface area contributed by atoms with Gasteiger partial charge in [0.2, 0.25) is 0 Å². The van der Waals surface area contributed by atoms with E-state index in [9.17, 15) is 8.78 Å². The highest BCUT2D eigenvalue weighted by Crippen LogP contribution is 2.24. The average molecular weight is 277 g/mol. The fourth-order valence-corrected chi connectivity index (χ4v) is 1.94. The lowest BCUT2D eigenvalue weighted by Gasteiger charge is -2.11. The van der Waals surface area contributed by atoms with Crippen LogP contribution in [0.25, 0.3) is 0 Å². The first kappa shape index (κ1) is 15.4. The topological polar surface area (TPSA) is 9.23 Å². The zero-order chi connectivity index (χ0) is 13.4. The van der Waals surface area contributed by atoms with Gasteiger partial charge < -0.3 is 4.74 Å². The van der Waals surface area contributed by atoms with Gasteiger partial charge >= 0.3 is 0 Å². The first-order valence-corrected chi connectivity index (χ1v) is 6.66. The van der Waals surface area contributed by atoms with Gasteiger partial charge in [0.25, 0.3) is 6.43 Å². The first-order valence-electron chi connectivity index (χ1n) is 6.22. The molecule has 0 amide bonds. The van der Waals surface area contributed by atoms with Gasteiger partial charge in [-0.15, -0.1) is 11.6 Å². The third kappa shape index (κ3) is 5.78. The number of ether oxygens (including phenoxy) is 1. The second-order valence-corrected chi connectivity index (χ2v) is 4.74. The van der Waals surface area contributed by atoms with E-state index in [0.717, 1.165) is 18.4 Å². The molecule has 0 spiro atoms. The zero-order valence-corrected chi connectivity index (χ0v) is 11.3. The molecule has 18 heavy (non-hydrogen) atoms. The van der Waals surface area contributed by atoms with Crippen molar-refractivity contribution >= 4 is 11.6 Å². The van der Waals surface area contributed by atoms with Crippen molar-refractivity contribution in [3.8, 4) is 0 Å². The van der Waals surface area contributed by atoms with Crippen LogP contribution < -0.4 is 0 Å². The van der Waals surface area contributed by atoms with Crippen LogP contribution in [0.1, 0.15) is 36.3 Å². The molecular formula is C14H19ClF2O. The van der Waals surface area contributed by atoms with Crippen LogP contribution in [-0.4, -0.2) is 19.6 Å². The molecule has 0 aromatic heterocycles. The van der Waals surface area contributed by atoms with Crippen molar-refractivity contribution in [2.24, 2.45) is 0 Å². The van der Waals surface area contributed by atoms with Crippen molar-refractivity contribution < 1.29 is 13.5 Å². The van der Waals surface area contributed by atoms with Crippen LogP contribution in [0.5, 0.6) is 0 Å². The number of rotatable bonds is 8. The summed E-state index contributed by atoms with van der Waals surface area (Å²) < 4.78 is 28.5. The molecule has 0 fully saturated rings. The highest BCUT2D eigenvalue weighted by atomic mass is 35.5. The SMILES string of the molecule is CCCc1ccc(C(Cl)CCOCC(F)F)cc1. The molecule has 0 aliphatic carbocycles. The van der Waals surface area contributed by atoms with Crippen LogP contribution in [0.2, 0.25) is 0 Å². The predicted molar refractivity (Wildman–Crippen MR) is 70.5 cm³/mol. The van der Waals surface area contributed by atoms with Gasteiger partial charge in [0.15, 0.2) is 0 Å². The number of benzene rings is 1. The van der Waals surface area contributed by atoms with Crippen molar-refractivity contribution in [1.29, 1.82) is 0 Å². The normalized spacial score (nSPS) is 12.9. The molecule has 0 saturated carbocycles. The molecule has 0 radical (unpaired) electrons. The molecule has 0 bridgehead atoms. The quantitative estimate of drug-likeness (QED) is 0.498. The van der Waals surface area contributed by atoms with Crippen LogP contribution >= 0.6 is 11.6 Å². The van der Waals surface area contributed by atoms with E-state index >= 15 is 0 Å². The maximum absolute atomic E-state index is 11.8. The second kappa shape index (κ2) is 8.44. The Morgan fingerprint density at radius 3 is 2.44 bits per heavy atom. The van der Waals surface area contributed by atoms with E-state index in [1.54, 1.807) is 0 Å². The monoisotopic (exact) mass is 276 g/mol. The van der Waals surface area contributed by atoms with E-state index in [0.29, 0.717) is 6.42 Å². The van der Waals surface area contributed by atoms with Crippen molar-refractivity contribution in [3.05, 3.63) is 35.4 Å². The van der Waals surface area contributed by atoms with Gasteiger partial charge in [-0.2, -0.15) is 0 Å². The molecule has 1 unspecified atom stereocenters. The van der Waals surface area contributed by atoms with Crippen LogP contribution in [0, 0.1) is 0 Å². The molecule has 1 atom stereocenters. The van der Waals surface area contributed by atoms with Crippen LogP contribution in [-0.2, 0) is 11.2 Å². The van der Waals surface area contributed by atoms with Crippen molar-refractivity contribution in [1.82, 2.24) is 0 Å². The molecule has 1 nitrogen and oxygen atoms in total. The summed E-state index contributed by atoms with van der Waals surface area (Å²) in [7, 11) is 0. The lowest BCUT2D eigenvalue weighted by molar-refractivity contribution is 0.0165. The van der Waals surface area contributed by atoms with E-state index in [4.69, 9.17) is 16.3 Å². The van der Waals surface area contributed by atoms with Crippen LogP contribution in [0.3, 0.4) is 0 Å². The van der Waals surface area contributed by atoms with Crippen LogP contribution in [0.4, 0.5) is 8.78 Å². The maximum atomic E-state index is 11.8. The van der Waals surface area contributed by atoms with Crippen molar-refractivity contribution in [2.75, 3.05) is 13.2 Å². The van der Waals surface area contributed by atoms with Crippen molar-refractivity contribution in [2.45, 2.75) is 38.0 Å². The largest absolute Gasteiger partial charge is 0.375 e. The zero-order valence-electron chi connectivity index (χ0n) is 10.5. The highest BCUT2D eigenvalue weighted by Gasteiger charge is 2.09. The molecule has 0 heterocycles. The smallest absolute Gasteiger partial charge is 0.261 e. The fourth-order valence-electron chi connectivity index (χ4n) is 1.71. The number of alkyl halides is 3. The Morgan fingerprint density at radius 2 is 1.89 bits per heavy atom. The van der Waals surface area contributed by atoms with E-state index < -0.39 is 13.0 Å². The Balaban J connectivity index is 2.34. The van der Waals surface area contributed by atoms with E-state index in [1.165, 1.54) is 5.56 Å². The second-order valence-electron chi connectivity index (χ2n) is 4.21. The molecule has 1 aromatic carbocycles. The summed E-state index contributed by atoms with van der Waals surface area (Å²) in [5.41, 5.74) is 2.30. The lowest BCUT2D eigenvalue weighted by atomic mass is 10.0. The minimum Gasteiger partial charge on any atom is -0.375 e. The third-order valence-electron chi connectivity index (χ3n) is 2.64. The van der Waals surface area contributed by atoms with Gasteiger partial charge in [-0.05, 0) is 24.0 Å². The number of hydrogen-bond acceptors (Lipinski definition) is 1. The highest BCUT2D eigenvalue weighted by molar-refractivity contribution is 6.20. The van der Waals surface area contributed by atoms with Gasteiger partial charge in [0.1, 0.15) is 6.61 Å². The summed E-state index contributed by atoms with van der Waals surface area (Å²) in [4.78, 5) is 0. The number of aryl methyl sites for hydroxylation is 1. The van der Waals surface area contributed by atoms with Crippen molar-refractivity contribution in [3.63, 3.8) is 0 Å². The molecule has 102 valence electrons. The van der Waals surface area contributed by atoms with Gasteiger partial charge in [-0.1, -0.05) is 37.6 Å². The Hall–Kier alpha value is -0.670. The molecule has 0 aliphatic heterocycles. The molecular weight excluding hydrogens is 258 g/mol. The van der Waals surface area contributed by atoms with Gasteiger partial charge in [-0.3, -0.25) is 0 Å². The molecule has 0 aliphatic rings. The molecule has 1 rings (SSSR count). The summed E-state index contributed by atoms with van der Waals surface area (Å²) in [6.07, 6.45) is 0.309. The lowest BCUT2D eigenvalue weighted by Crippen LogP contribution is -2.06. The standard InChI is InChI=1S/C14H19ClF2O/c1-2-3-11-4-6-12(7-5-11)13(15)8-9-18-10-14(16)17/h4-7,13-14H,2-3,8-10H2,1H3. The van der Waals surface area contributed by atoms with Gasteiger partial charge in [-0.25, -0.2) is 8.78 Å². The summed E-state index contributed by atoms with van der Waals surface area (Å²) >= 11 is 6.18. The molecule has 1 aromatic rings. The summed E-state index contributed by atoms with van der Waals surface area (Å²) in [5.74, 6) is 0. The average Bonchev–Trinajstić information content (AvgIpc) is 2.35. The first-order chi connectivity index (χ1) is 8.63. The Kier molecular flexibility index (Phi) is 7.21. The molecule has 0 N–H and O–H groups in total. The van der Waals surface area contributed by atoms with Gasteiger partial charge in [0, 0.05) is 6.61 Å². The Labute approximate surface area is 112 Å². The summed E-state index contributed by atoms with van der Waals surface area (Å²) in [6.45, 7) is 1.88. The van der Waals surface area contributed by atoms with Crippen LogP contribution in [0.15, 0.2) is 24.3 Å². The van der Waals surface area contributed by atoms with E-state index in [-0.39, 0.29) is 12.0 Å². The Morgan fingerprint density at radius 1 is 1.22 bits per heavy atom.